The summed E-state index contributed by atoms with van der Waals surface area (Å²) in [5.41, 5.74) is 4.37. The van der Waals surface area contributed by atoms with Crippen molar-refractivity contribution in [3.05, 3.63) is 75.8 Å². The molecule has 0 bridgehead atoms. The van der Waals surface area contributed by atoms with E-state index in [0.717, 1.165) is 28.9 Å². The lowest BCUT2D eigenvalue weighted by atomic mass is 10.1. The fraction of sp³-hybridized carbons (Fsp3) is 0.286. The molecule has 0 saturated heterocycles. The van der Waals surface area contributed by atoms with E-state index in [4.69, 9.17) is 4.74 Å². The summed E-state index contributed by atoms with van der Waals surface area (Å²) in [6.45, 7) is 4.52. The molecule has 30 heavy (non-hydrogen) atoms. The molecule has 0 atom stereocenters. The molecule has 0 aliphatic rings. The molecule has 4 aromatic rings. The lowest BCUT2D eigenvalue weighted by Gasteiger charge is -2.22. The second-order valence-corrected chi connectivity index (χ2v) is 7.16. The summed E-state index contributed by atoms with van der Waals surface area (Å²) < 4.78 is 6.85. The van der Waals surface area contributed by atoms with Gasteiger partial charge in [0.2, 0.25) is 5.82 Å². The van der Waals surface area contributed by atoms with Crippen LogP contribution in [0.5, 0.6) is 0 Å². The van der Waals surface area contributed by atoms with Gasteiger partial charge in [0.15, 0.2) is 0 Å². The smallest absolute Gasteiger partial charge is 0.258 e. The van der Waals surface area contributed by atoms with E-state index in [9.17, 15) is 4.79 Å². The Morgan fingerprint density at radius 3 is 2.70 bits per heavy atom. The third kappa shape index (κ3) is 4.58. The molecule has 3 heterocycles. The summed E-state index contributed by atoms with van der Waals surface area (Å²) in [7, 11) is 1.68. The van der Waals surface area contributed by atoms with E-state index in [1.165, 1.54) is 0 Å². The summed E-state index contributed by atoms with van der Waals surface area (Å²) in [4.78, 5) is 19.4. The van der Waals surface area contributed by atoms with Crippen molar-refractivity contribution in [2.24, 2.45) is 0 Å². The van der Waals surface area contributed by atoms with Gasteiger partial charge < -0.3 is 4.74 Å². The molecule has 154 valence electrons. The maximum atomic E-state index is 12.5. The zero-order valence-electron chi connectivity index (χ0n) is 16.9. The van der Waals surface area contributed by atoms with Crippen LogP contribution in [0.25, 0.3) is 17.0 Å². The van der Waals surface area contributed by atoms with Crippen LogP contribution in [0.3, 0.4) is 0 Å². The van der Waals surface area contributed by atoms with Crippen molar-refractivity contribution in [1.29, 1.82) is 0 Å². The highest BCUT2D eigenvalue weighted by Gasteiger charge is 2.11. The number of aromatic nitrogens is 6. The number of pyridine rings is 1. The Morgan fingerprint density at radius 2 is 1.97 bits per heavy atom. The van der Waals surface area contributed by atoms with Gasteiger partial charge in [-0.1, -0.05) is 30.3 Å². The molecule has 3 aromatic heterocycles. The van der Waals surface area contributed by atoms with Crippen molar-refractivity contribution in [1.82, 2.24) is 34.9 Å². The number of tetrazole rings is 1. The van der Waals surface area contributed by atoms with Crippen LogP contribution in [-0.4, -0.2) is 55.2 Å². The van der Waals surface area contributed by atoms with Crippen LogP contribution in [0, 0.1) is 6.92 Å². The Morgan fingerprint density at radius 1 is 1.13 bits per heavy atom. The SMILES string of the molecule is COCCN(Cc1ccc(-c2nn[nH]n2)cc1)Cc1cc(=O)n2cc(C)ccc2n1. The summed E-state index contributed by atoms with van der Waals surface area (Å²) in [6.07, 6.45) is 1.81. The molecule has 0 aliphatic heterocycles. The first kappa shape index (κ1) is 19.9. The molecule has 0 saturated carbocycles. The Bertz CT molecular complexity index is 1170. The number of fused-ring (bicyclic) bond motifs is 1. The zero-order valence-corrected chi connectivity index (χ0v) is 16.9. The second kappa shape index (κ2) is 8.93. The molecule has 1 aromatic carbocycles. The van der Waals surface area contributed by atoms with Gasteiger partial charge in [-0.25, -0.2) is 4.98 Å². The fourth-order valence-corrected chi connectivity index (χ4v) is 3.30. The predicted octanol–water partition coefficient (Wildman–Crippen LogP) is 1.83. The predicted molar refractivity (Wildman–Crippen MR) is 112 cm³/mol. The summed E-state index contributed by atoms with van der Waals surface area (Å²) in [6, 6.07) is 13.4. The van der Waals surface area contributed by atoms with E-state index in [0.29, 0.717) is 31.2 Å². The minimum Gasteiger partial charge on any atom is -0.383 e. The second-order valence-electron chi connectivity index (χ2n) is 7.16. The van der Waals surface area contributed by atoms with Gasteiger partial charge in [0.25, 0.3) is 5.56 Å². The number of benzene rings is 1. The molecule has 0 radical (unpaired) electrons. The molecule has 0 fully saturated rings. The van der Waals surface area contributed by atoms with Gasteiger partial charge in [0.05, 0.1) is 12.3 Å². The molecule has 0 spiro atoms. The summed E-state index contributed by atoms with van der Waals surface area (Å²) >= 11 is 0. The van der Waals surface area contributed by atoms with E-state index in [1.54, 1.807) is 17.6 Å². The maximum absolute atomic E-state index is 12.5. The lowest BCUT2D eigenvalue weighted by molar-refractivity contribution is 0.139. The summed E-state index contributed by atoms with van der Waals surface area (Å²) in [5, 5.41) is 14.0. The number of hydrogen-bond acceptors (Lipinski definition) is 7. The first-order valence-electron chi connectivity index (χ1n) is 9.65. The number of nitrogens with one attached hydrogen (secondary N) is 1. The monoisotopic (exact) mass is 405 g/mol. The van der Waals surface area contributed by atoms with Gasteiger partial charge in [-0.3, -0.25) is 14.1 Å². The highest BCUT2D eigenvalue weighted by Crippen LogP contribution is 2.16. The van der Waals surface area contributed by atoms with Crippen LogP contribution in [-0.2, 0) is 17.8 Å². The Labute approximate surface area is 173 Å². The molecule has 0 unspecified atom stereocenters. The zero-order chi connectivity index (χ0) is 20.9. The molecule has 0 amide bonds. The van der Waals surface area contributed by atoms with Crippen molar-refractivity contribution in [2.75, 3.05) is 20.3 Å². The lowest BCUT2D eigenvalue weighted by Crippen LogP contribution is -2.28. The van der Waals surface area contributed by atoms with E-state index in [1.807, 2.05) is 49.5 Å². The number of ether oxygens (including phenoxy) is 1. The normalized spacial score (nSPS) is 11.4. The number of hydrogen-bond donors (Lipinski definition) is 1. The number of nitrogens with zero attached hydrogens (tertiary/aromatic N) is 6. The number of H-pyrrole nitrogens is 1. The van der Waals surface area contributed by atoms with Crippen molar-refractivity contribution in [3.63, 3.8) is 0 Å². The van der Waals surface area contributed by atoms with Crippen molar-refractivity contribution < 1.29 is 4.74 Å². The van der Waals surface area contributed by atoms with E-state index >= 15 is 0 Å². The first-order valence-corrected chi connectivity index (χ1v) is 9.65. The average molecular weight is 405 g/mol. The quantitative estimate of drug-likeness (QED) is 0.477. The number of methoxy groups -OCH3 is 1. The van der Waals surface area contributed by atoms with Crippen LogP contribution < -0.4 is 5.56 Å². The number of rotatable bonds is 8. The van der Waals surface area contributed by atoms with E-state index < -0.39 is 0 Å². The third-order valence-electron chi connectivity index (χ3n) is 4.82. The molecular weight excluding hydrogens is 382 g/mol. The highest BCUT2D eigenvalue weighted by atomic mass is 16.5. The van der Waals surface area contributed by atoms with E-state index in [-0.39, 0.29) is 5.56 Å². The van der Waals surface area contributed by atoms with Crippen LogP contribution in [0.4, 0.5) is 0 Å². The van der Waals surface area contributed by atoms with E-state index in [2.05, 4.69) is 30.5 Å². The van der Waals surface area contributed by atoms with Crippen molar-refractivity contribution in [2.45, 2.75) is 20.0 Å². The largest absolute Gasteiger partial charge is 0.383 e. The van der Waals surface area contributed by atoms with Gasteiger partial charge in [0, 0.05) is 44.6 Å². The third-order valence-corrected chi connectivity index (χ3v) is 4.82. The minimum absolute atomic E-state index is 0.0742. The highest BCUT2D eigenvalue weighted by molar-refractivity contribution is 5.54. The topological polar surface area (TPSA) is 101 Å². The van der Waals surface area contributed by atoms with Crippen molar-refractivity contribution >= 4 is 5.65 Å². The van der Waals surface area contributed by atoms with Crippen LogP contribution in [0.15, 0.2) is 53.5 Å². The standard InChI is InChI=1S/C21H23N7O2/c1-15-3-8-19-22-18(11-20(29)28(19)12-15)14-27(9-10-30-2)13-16-4-6-17(7-5-16)21-23-25-26-24-21/h3-8,11-12H,9-10,13-14H2,1-2H3,(H,23,24,25,26). The summed E-state index contributed by atoms with van der Waals surface area (Å²) in [5.74, 6) is 0.564. The fourth-order valence-electron chi connectivity index (χ4n) is 3.30. The molecule has 9 heteroatoms. The maximum Gasteiger partial charge on any atom is 0.258 e. The van der Waals surface area contributed by atoms with Crippen LogP contribution in [0.2, 0.25) is 0 Å². The molecule has 0 aliphatic carbocycles. The minimum atomic E-state index is -0.0742. The van der Waals surface area contributed by atoms with Crippen LogP contribution >= 0.6 is 0 Å². The Balaban J connectivity index is 1.53. The molecule has 1 N–H and O–H groups in total. The van der Waals surface area contributed by atoms with Gasteiger partial charge in [-0.05, 0) is 29.3 Å². The van der Waals surface area contributed by atoms with Gasteiger partial charge in [-0.15, -0.1) is 10.2 Å². The molecular formula is C21H23N7O2. The first-order chi connectivity index (χ1) is 14.6. The number of aryl methyl sites for hydroxylation is 1. The molecule has 9 nitrogen and oxygen atoms in total. The van der Waals surface area contributed by atoms with Gasteiger partial charge in [0.1, 0.15) is 5.65 Å². The van der Waals surface area contributed by atoms with Crippen molar-refractivity contribution in [3.8, 4) is 11.4 Å². The van der Waals surface area contributed by atoms with Gasteiger partial charge >= 0.3 is 0 Å². The average Bonchev–Trinajstić information content (AvgIpc) is 3.28. The molecule has 4 rings (SSSR count). The Hall–Kier alpha value is -3.43. The van der Waals surface area contributed by atoms with Gasteiger partial charge in [-0.2, -0.15) is 5.21 Å². The Kier molecular flexibility index (Phi) is 5.92. The van der Waals surface area contributed by atoms with Crippen LogP contribution in [0.1, 0.15) is 16.8 Å². The number of aromatic amines is 1.